The molecular weight excluding hydrogens is 533 g/mol. The average molecular weight is 570 g/mol. The molecule has 2 unspecified atom stereocenters. The summed E-state index contributed by atoms with van der Waals surface area (Å²) in [6.07, 6.45) is -5.42. The van der Waals surface area contributed by atoms with Gasteiger partial charge in [-0.05, 0) is 41.0 Å². The number of amides is 1. The Labute approximate surface area is 236 Å². The average Bonchev–Trinajstić information content (AvgIpc) is 2.89. The first-order valence-corrected chi connectivity index (χ1v) is 13.7. The van der Waals surface area contributed by atoms with Crippen LogP contribution in [0.3, 0.4) is 0 Å². The van der Waals surface area contributed by atoms with Gasteiger partial charge in [-0.15, -0.1) is 0 Å². The topological polar surface area (TPSA) is 178 Å². The maximum atomic E-state index is 14.3. The fourth-order valence-corrected chi connectivity index (χ4v) is 8.62. The number of phenols is 1. The molecule has 2 fully saturated rings. The van der Waals surface area contributed by atoms with Crippen molar-refractivity contribution in [3.8, 4) is 16.9 Å². The van der Waals surface area contributed by atoms with E-state index in [1.807, 2.05) is 0 Å². The van der Waals surface area contributed by atoms with Gasteiger partial charge < -0.3 is 31.3 Å². The summed E-state index contributed by atoms with van der Waals surface area (Å²) in [5, 5.41) is 59.0. The maximum Gasteiger partial charge on any atom is 0.230 e. The van der Waals surface area contributed by atoms with Crippen molar-refractivity contribution in [1.29, 1.82) is 0 Å². The van der Waals surface area contributed by atoms with E-state index in [1.54, 1.807) is 39.8 Å². The molecular formula is C31H36FNO8. The molecule has 220 valence electrons. The van der Waals surface area contributed by atoms with Gasteiger partial charge in [0, 0.05) is 16.4 Å². The van der Waals surface area contributed by atoms with Gasteiger partial charge >= 0.3 is 0 Å². The van der Waals surface area contributed by atoms with Gasteiger partial charge in [-0.3, -0.25) is 14.4 Å². The number of phenolic OH excluding ortho intramolecular Hbond substituents is 1. The number of rotatable bonds is 3. The van der Waals surface area contributed by atoms with Crippen LogP contribution in [0.2, 0.25) is 0 Å². The van der Waals surface area contributed by atoms with Gasteiger partial charge in [0.1, 0.15) is 23.6 Å². The van der Waals surface area contributed by atoms with Crippen molar-refractivity contribution in [1.82, 2.24) is 0 Å². The van der Waals surface area contributed by atoms with Crippen molar-refractivity contribution in [3.05, 3.63) is 53.3 Å². The van der Waals surface area contributed by atoms with E-state index in [1.165, 1.54) is 31.2 Å². The van der Waals surface area contributed by atoms with Gasteiger partial charge in [-0.2, -0.15) is 0 Å². The SMILES string of the molecule is CC(C)[C@H]1C(O)[C@@H](C(N)=O)C(=O)[C@]2(O)C(O)[C@H]3C(=O)c4c(ccc(-c5ccc(F)cc5)c4O)[C@@H](C)[C@]3(C)[C@@H](O)[C@]12C. The second-order valence-corrected chi connectivity index (χ2v) is 12.8. The summed E-state index contributed by atoms with van der Waals surface area (Å²) in [4.78, 5) is 40.5. The van der Waals surface area contributed by atoms with Gasteiger partial charge in [-0.1, -0.05) is 58.9 Å². The number of benzene rings is 2. The van der Waals surface area contributed by atoms with Crippen LogP contribution in [0.4, 0.5) is 4.39 Å². The number of primary amides is 1. The molecule has 1 amide bonds. The minimum atomic E-state index is -2.85. The molecule has 5 rings (SSSR count). The molecule has 0 spiro atoms. The Bertz CT molecular complexity index is 1460. The number of halogens is 1. The van der Waals surface area contributed by atoms with Crippen molar-refractivity contribution in [2.45, 2.75) is 64.4 Å². The Balaban J connectivity index is 1.76. The fraction of sp³-hybridized carbons (Fsp3) is 0.516. The van der Waals surface area contributed by atoms with Crippen LogP contribution in [0.15, 0.2) is 36.4 Å². The van der Waals surface area contributed by atoms with E-state index < -0.39 is 93.4 Å². The van der Waals surface area contributed by atoms with Crippen molar-refractivity contribution in [3.63, 3.8) is 0 Å². The number of carbonyl (C=O) groups excluding carboxylic acids is 3. The zero-order chi connectivity index (χ0) is 30.6. The molecule has 41 heavy (non-hydrogen) atoms. The predicted octanol–water partition coefficient (Wildman–Crippen LogP) is 1.91. The number of nitrogens with two attached hydrogens (primary N) is 1. The standard InChI is InChI=1S/C31H36FNO8/c1-12(2)20-24(36)19(27(33)39)25(37)31(41)26(38)21-23(35)18-16(13(3)29(21,4)28(40)30(20,31)5)10-11-17(22(18)34)14-6-8-15(32)9-7-14/h6-13,19-21,24,26,28,34,36,38,40-41H,1-5H3,(H2,33,39)/t13-,19-,20+,21-,24?,26?,28-,29+,30+,31+/m1/s1. The summed E-state index contributed by atoms with van der Waals surface area (Å²) in [6.45, 7) is 8.09. The number of hydrogen-bond donors (Lipinski definition) is 6. The van der Waals surface area contributed by atoms with Gasteiger partial charge in [0.25, 0.3) is 0 Å². The van der Waals surface area contributed by atoms with E-state index >= 15 is 0 Å². The predicted molar refractivity (Wildman–Crippen MR) is 145 cm³/mol. The van der Waals surface area contributed by atoms with Crippen molar-refractivity contribution < 1.29 is 44.3 Å². The van der Waals surface area contributed by atoms with Gasteiger partial charge in [-0.25, -0.2) is 4.39 Å². The Hall–Kier alpha value is -3.18. The van der Waals surface area contributed by atoms with Gasteiger partial charge in [0.05, 0.1) is 23.7 Å². The molecule has 10 atom stereocenters. The maximum absolute atomic E-state index is 14.3. The number of hydrogen-bond acceptors (Lipinski definition) is 8. The largest absolute Gasteiger partial charge is 0.507 e. The molecule has 2 aromatic rings. The van der Waals surface area contributed by atoms with Crippen LogP contribution < -0.4 is 5.73 Å². The highest BCUT2D eigenvalue weighted by atomic mass is 19.1. The third kappa shape index (κ3) is 3.39. The molecule has 9 nitrogen and oxygen atoms in total. The first-order chi connectivity index (χ1) is 19.0. The number of Topliss-reactive ketones (excluding diaryl/α,β-unsaturated/α-hetero) is 2. The molecule has 0 heterocycles. The van der Waals surface area contributed by atoms with Crippen LogP contribution in [0.5, 0.6) is 5.75 Å². The summed E-state index contributed by atoms with van der Waals surface area (Å²) in [6, 6.07) is 8.50. The van der Waals surface area contributed by atoms with E-state index in [4.69, 9.17) is 5.73 Å². The van der Waals surface area contributed by atoms with Crippen LogP contribution in [-0.2, 0) is 9.59 Å². The third-order valence-electron chi connectivity index (χ3n) is 10.8. The summed E-state index contributed by atoms with van der Waals surface area (Å²) in [5.74, 6) is -9.93. The van der Waals surface area contributed by atoms with Crippen LogP contribution in [-0.4, -0.2) is 66.9 Å². The molecule has 0 saturated heterocycles. The molecule has 3 aliphatic carbocycles. The Morgan fingerprint density at radius 1 is 1.02 bits per heavy atom. The van der Waals surface area contributed by atoms with Crippen LogP contribution in [0.1, 0.15) is 56.5 Å². The van der Waals surface area contributed by atoms with E-state index in [9.17, 15) is 44.3 Å². The summed E-state index contributed by atoms with van der Waals surface area (Å²) in [5.41, 5.74) is 0.149. The van der Waals surface area contributed by atoms with E-state index in [0.717, 1.165) is 0 Å². The lowest BCUT2D eigenvalue weighted by Crippen LogP contribution is -2.83. The minimum absolute atomic E-state index is 0.143. The lowest BCUT2D eigenvalue weighted by molar-refractivity contribution is -0.306. The van der Waals surface area contributed by atoms with E-state index in [-0.39, 0.29) is 11.1 Å². The van der Waals surface area contributed by atoms with Crippen molar-refractivity contribution in [2.75, 3.05) is 0 Å². The van der Waals surface area contributed by atoms with Crippen molar-refractivity contribution in [2.24, 2.45) is 40.2 Å². The molecule has 0 bridgehead atoms. The molecule has 2 aromatic carbocycles. The number of aliphatic hydroxyl groups is 4. The van der Waals surface area contributed by atoms with E-state index in [0.29, 0.717) is 11.1 Å². The quantitative estimate of drug-likeness (QED) is 0.304. The molecule has 10 heteroatoms. The zero-order valence-electron chi connectivity index (χ0n) is 23.5. The van der Waals surface area contributed by atoms with Gasteiger partial charge in [0.2, 0.25) is 5.91 Å². The molecule has 7 N–H and O–H groups in total. The van der Waals surface area contributed by atoms with Crippen LogP contribution in [0.25, 0.3) is 11.1 Å². The third-order valence-corrected chi connectivity index (χ3v) is 10.8. The summed E-state index contributed by atoms with van der Waals surface area (Å²) < 4.78 is 13.5. The smallest absolute Gasteiger partial charge is 0.230 e. The summed E-state index contributed by atoms with van der Waals surface area (Å²) in [7, 11) is 0. The number of carbonyl (C=O) groups is 3. The minimum Gasteiger partial charge on any atom is -0.507 e. The van der Waals surface area contributed by atoms with Crippen molar-refractivity contribution >= 4 is 17.5 Å². The fourth-order valence-electron chi connectivity index (χ4n) is 8.62. The summed E-state index contributed by atoms with van der Waals surface area (Å²) >= 11 is 0. The van der Waals surface area contributed by atoms with E-state index in [2.05, 4.69) is 0 Å². The molecule has 0 radical (unpaired) electrons. The van der Waals surface area contributed by atoms with Gasteiger partial charge in [0.15, 0.2) is 17.2 Å². The first kappa shape index (κ1) is 29.3. The molecule has 0 aromatic heterocycles. The number of aromatic hydroxyl groups is 1. The second-order valence-electron chi connectivity index (χ2n) is 12.8. The zero-order valence-corrected chi connectivity index (χ0v) is 23.5. The molecule has 3 aliphatic rings. The normalized spacial score (nSPS) is 40.1. The lowest BCUT2D eigenvalue weighted by Gasteiger charge is -2.69. The highest BCUT2D eigenvalue weighted by molar-refractivity contribution is 6.10. The first-order valence-electron chi connectivity index (χ1n) is 13.7. The number of fused-ring (bicyclic) bond motifs is 3. The number of ketones is 2. The molecule has 2 saturated carbocycles. The second kappa shape index (κ2) is 9.16. The monoisotopic (exact) mass is 569 g/mol. The Morgan fingerprint density at radius 2 is 1.61 bits per heavy atom. The Kier molecular flexibility index (Phi) is 6.55. The highest BCUT2D eigenvalue weighted by Crippen LogP contribution is 2.68. The van der Waals surface area contributed by atoms with Crippen LogP contribution in [0, 0.1) is 40.3 Å². The highest BCUT2D eigenvalue weighted by Gasteiger charge is 2.80. The number of aliphatic hydroxyl groups excluding tert-OH is 3. The molecule has 0 aliphatic heterocycles. The lowest BCUT2D eigenvalue weighted by atomic mass is 9.36. The van der Waals surface area contributed by atoms with Crippen LogP contribution >= 0.6 is 0 Å². The Morgan fingerprint density at radius 3 is 2.15 bits per heavy atom.